The van der Waals surface area contributed by atoms with Gasteiger partial charge in [0.05, 0.1) is 16.6 Å². The van der Waals surface area contributed by atoms with Crippen molar-refractivity contribution in [3.8, 4) is 17.1 Å². The molecule has 0 unspecified atom stereocenters. The van der Waals surface area contributed by atoms with Crippen molar-refractivity contribution >= 4 is 34.2 Å². The predicted octanol–water partition coefficient (Wildman–Crippen LogP) is 4.24. The van der Waals surface area contributed by atoms with Crippen molar-refractivity contribution in [3.05, 3.63) is 46.4 Å². The van der Waals surface area contributed by atoms with Crippen molar-refractivity contribution in [1.29, 1.82) is 0 Å². The van der Waals surface area contributed by atoms with Crippen LogP contribution in [0.1, 0.15) is 0 Å². The molecule has 1 aromatic heterocycles. The molecule has 0 radical (unpaired) electrons. The molecule has 0 bridgehead atoms. The molecule has 0 aliphatic rings. The van der Waals surface area contributed by atoms with E-state index in [0.717, 1.165) is 11.0 Å². The second-order valence-electron chi connectivity index (χ2n) is 3.91. The normalized spacial score (nSPS) is 11.0. The summed E-state index contributed by atoms with van der Waals surface area (Å²) in [4.78, 5) is 7.50. The van der Waals surface area contributed by atoms with Gasteiger partial charge in [0.15, 0.2) is 0 Å². The third-order valence-electron chi connectivity index (χ3n) is 2.66. The fourth-order valence-corrected chi connectivity index (χ4v) is 2.15. The molecule has 3 nitrogen and oxygen atoms in total. The van der Waals surface area contributed by atoms with Gasteiger partial charge in [0.25, 0.3) is 0 Å². The van der Waals surface area contributed by atoms with Gasteiger partial charge in [-0.15, -0.1) is 0 Å². The van der Waals surface area contributed by atoms with Crippen LogP contribution in [0, 0.1) is 0 Å². The fourth-order valence-electron chi connectivity index (χ4n) is 1.81. The van der Waals surface area contributed by atoms with Gasteiger partial charge >= 0.3 is 0 Å². The number of nitrogens with one attached hydrogen (secondary N) is 1. The minimum atomic E-state index is 0.129. The number of benzene rings is 2. The first kappa shape index (κ1) is 11.4. The molecule has 0 aliphatic heterocycles. The highest BCUT2D eigenvalue weighted by molar-refractivity contribution is 6.31. The topological polar surface area (TPSA) is 48.9 Å². The number of imidazole rings is 1. The summed E-state index contributed by atoms with van der Waals surface area (Å²) in [6.07, 6.45) is 0. The van der Waals surface area contributed by atoms with Crippen LogP contribution in [0.2, 0.25) is 10.0 Å². The van der Waals surface area contributed by atoms with Gasteiger partial charge in [-0.25, -0.2) is 4.98 Å². The van der Waals surface area contributed by atoms with Gasteiger partial charge < -0.3 is 10.1 Å². The lowest BCUT2D eigenvalue weighted by atomic mass is 10.2. The molecule has 3 aromatic rings. The molecule has 18 heavy (non-hydrogen) atoms. The Hall–Kier alpha value is -1.71. The number of nitrogens with zero attached hydrogens (tertiary/aromatic N) is 1. The van der Waals surface area contributed by atoms with Crippen LogP contribution in [-0.2, 0) is 0 Å². The number of aromatic nitrogens is 2. The zero-order valence-electron chi connectivity index (χ0n) is 9.11. The first-order chi connectivity index (χ1) is 8.63. The standard InChI is InChI=1S/C13H8Cl2N2O/c14-7-2-4-12(18)9(5-7)13-16-10-3-1-8(15)6-11(10)17-13/h1-6,18H,(H,16,17). The number of phenolic OH excluding ortho intramolecular Hbond substituents is 1. The molecule has 3 rings (SSSR count). The molecule has 0 saturated carbocycles. The molecular formula is C13H8Cl2N2O. The Morgan fingerprint density at radius 3 is 2.56 bits per heavy atom. The van der Waals surface area contributed by atoms with Gasteiger partial charge in [0.2, 0.25) is 0 Å². The Bertz CT molecular complexity index is 737. The van der Waals surface area contributed by atoms with Crippen LogP contribution in [0.15, 0.2) is 36.4 Å². The highest BCUT2D eigenvalue weighted by Crippen LogP contribution is 2.31. The number of halogens is 2. The Morgan fingerprint density at radius 2 is 1.72 bits per heavy atom. The van der Waals surface area contributed by atoms with E-state index in [1.807, 2.05) is 6.07 Å². The molecule has 2 N–H and O–H groups in total. The first-order valence-electron chi connectivity index (χ1n) is 5.27. The number of phenols is 1. The van der Waals surface area contributed by atoms with E-state index >= 15 is 0 Å². The Kier molecular flexibility index (Phi) is 2.65. The largest absolute Gasteiger partial charge is 0.507 e. The first-order valence-corrected chi connectivity index (χ1v) is 6.03. The second kappa shape index (κ2) is 4.19. The quantitative estimate of drug-likeness (QED) is 0.699. The number of H-pyrrole nitrogens is 1. The average Bonchev–Trinajstić information content (AvgIpc) is 2.74. The molecule has 0 spiro atoms. The summed E-state index contributed by atoms with van der Waals surface area (Å²) in [7, 11) is 0. The van der Waals surface area contributed by atoms with Crippen LogP contribution < -0.4 is 0 Å². The third kappa shape index (κ3) is 1.92. The van der Waals surface area contributed by atoms with E-state index < -0.39 is 0 Å². The highest BCUT2D eigenvalue weighted by Gasteiger charge is 2.10. The van der Waals surface area contributed by atoms with Crippen LogP contribution in [0.4, 0.5) is 0 Å². The van der Waals surface area contributed by atoms with Crippen LogP contribution in [0.25, 0.3) is 22.4 Å². The number of aromatic hydroxyl groups is 1. The van der Waals surface area contributed by atoms with Crippen molar-refractivity contribution < 1.29 is 5.11 Å². The summed E-state index contributed by atoms with van der Waals surface area (Å²) in [6.45, 7) is 0. The van der Waals surface area contributed by atoms with Crippen LogP contribution >= 0.6 is 23.2 Å². The number of rotatable bonds is 1. The van der Waals surface area contributed by atoms with Crippen LogP contribution in [0.5, 0.6) is 5.75 Å². The molecule has 0 atom stereocenters. The molecule has 0 fully saturated rings. The maximum Gasteiger partial charge on any atom is 0.142 e. The van der Waals surface area contributed by atoms with Crippen molar-refractivity contribution in [2.45, 2.75) is 0 Å². The molecule has 1 heterocycles. The molecule has 5 heteroatoms. The lowest BCUT2D eigenvalue weighted by Crippen LogP contribution is -1.81. The molecule has 0 aliphatic carbocycles. The number of aromatic amines is 1. The van der Waals surface area contributed by atoms with E-state index in [1.54, 1.807) is 24.3 Å². The fraction of sp³-hybridized carbons (Fsp3) is 0. The van der Waals surface area contributed by atoms with Crippen LogP contribution in [0.3, 0.4) is 0 Å². The van der Waals surface area contributed by atoms with Gasteiger partial charge in [-0.05, 0) is 36.4 Å². The van der Waals surface area contributed by atoms with Crippen molar-refractivity contribution in [1.82, 2.24) is 9.97 Å². The van der Waals surface area contributed by atoms with Gasteiger partial charge in [0.1, 0.15) is 11.6 Å². The summed E-state index contributed by atoms with van der Waals surface area (Å²) < 4.78 is 0. The van der Waals surface area contributed by atoms with E-state index in [1.165, 1.54) is 6.07 Å². The van der Waals surface area contributed by atoms with E-state index in [2.05, 4.69) is 9.97 Å². The van der Waals surface area contributed by atoms with E-state index in [9.17, 15) is 5.11 Å². The molecule has 2 aromatic carbocycles. The highest BCUT2D eigenvalue weighted by atomic mass is 35.5. The monoisotopic (exact) mass is 278 g/mol. The maximum absolute atomic E-state index is 9.82. The van der Waals surface area contributed by atoms with Gasteiger partial charge in [0, 0.05) is 10.0 Å². The number of hydrogen-bond acceptors (Lipinski definition) is 2. The smallest absolute Gasteiger partial charge is 0.142 e. The minimum Gasteiger partial charge on any atom is -0.507 e. The number of hydrogen-bond donors (Lipinski definition) is 2. The van der Waals surface area contributed by atoms with Crippen molar-refractivity contribution in [2.24, 2.45) is 0 Å². The Labute approximate surface area is 113 Å². The van der Waals surface area contributed by atoms with Crippen molar-refractivity contribution in [2.75, 3.05) is 0 Å². The Morgan fingerprint density at radius 1 is 1.00 bits per heavy atom. The van der Waals surface area contributed by atoms with Gasteiger partial charge in [-0.2, -0.15) is 0 Å². The predicted molar refractivity (Wildman–Crippen MR) is 73.2 cm³/mol. The molecule has 0 saturated heterocycles. The average molecular weight is 279 g/mol. The summed E-state index contributed by atoms with van der Waals surface area (Å²) in [5.41, 5.74) is 2.17. The maximum atomic E-state index is 9.82. The zero-order valence-corrected chi connectivity index (χ0v) is 10.6. The summed E-state index contributed by atoms with van der Waals surface area (Å²) in [6, 6.07) is 10.2. The molecular weight excluding hydrogens is 271 g/mol. The summed E-state index contributed by atoms with van der Waals surface area (Å²) in [5, 5.41) is 11.0. The van der Waals surface area contributed by atoms with E-state index in [4.69, 9.17) is 23.2 Å². The molecule has 0 amide bonds. The zero-order chi connectivity index (χ0) is 12.7. The molecule has 90 valence electrons. The van der Waals surface area contributed by atoms with E-state index in [0.29, 0.717) is 21.4 Å². The summed E-state index contributed by atoms with van der Waals surface area (Å²) >= 11 is 11.8. The van der Waals surface area contributed by atoms with Gasteiger partial charge in [-0.3, -0.25) is 0 Å². The summed E-state index contributed by atoms with van der Waals surface area (Å²) in [5.74, 6) is 0.691. The van der Waals surface area contributed by atoms with Crippen molar-refractivity contribution in [3.63, 3.8) is 0 Å². The van der Waals surface area contributed by atoms with E-state index in [-0.39, 0.29) is 5.75 Å². The SMILES string of the molecule is Oc1ccc(Cl)cc1-c1nc2ccc(Cl)cc2[nH]1. The lowest BCUT2D eigenvalue weighted by Gasteiger charge is -2.00. The van der Waals surface area contributed by atoms with Crippen LogP contribution in [-0.4, -0.2) is 15.1 Å². The number of fused-ring (bicyclic) bond motifs is 1. The minimum absolute atomic E-state index is 0.129. The third-order valence-corrected chi connectivity index (χ3v) is 3.13. The second-order valence-corrected chi connectivity index (χ2v) is 4.78. The van der Waals surface area contributed by atoms with Gasteiger partial charge in [-0.1, -0.05) is 23.2 Å². The lowest BCUT2D eigenvalue weighted by molar-refractivity contribution is 0.477. The Balaban J connectivity index is 2.22.